The normalized spacial score (nSPS) is 13.5. The summed E-state index contributed by atoms with van der Waals surface area (Å²) in [5.74, 6) is 2.11. The highest BCUT2D eigenvalue weighted by atomic mass is 32.2. The maximum atomic E-state index is 3.48. The molecule has 1 unspecified atom stereocenters. The Morgan fingerprint density at radius 3 is 2.43 bits per heavy atom. The van der Waals surface area contributed by atoms with Gasteiger partial charge in [0.25, 0.3) is 0 Å². The molecule has 0 spiro atoms. The van der Waals surface area contributed by atoms with Crippen LogP contribution in [0, 0.1) is 5.92 Å². The Morgan fingerprint density at radius 2 is 1.86 bits per heavy atom. The Bertz CT molecular complexity index is 115. The summed E-state index contributed by atoms with van der Waals surface area (Å²) in [6.45, 7) is 11.5. The van der Waals surface area contributed by atoms with Gasteiger partial charge in [-0.05, 0) is 44.0 Å². The lowest BCUT2D eigenvalue weighted by Crippen LogP contribution is -2.20. The van der Waals surface area contributed by atoms with Crippen molar-refractivity contribution in [2.75, 3.05) is 18.8 Å². The van der Waals surface area contributed by atoms with Crippen LogP contribution in [0.15, 0.2) is 0 Å². The molecular weight excluding hydrogens is 190 g/mol. The van der Waals surface area contributed by atoms with Crippen molar-refractivity contribution in [2.24, 2.45) is 5.92 Å². The first-order valence-electron chi connectivity index (χ1n) is 5.99. The average molecular weight is 217 g/mol. The van der Waals surface area contributed by atoms with Crippen LogP contribution in [0.3, 0.4) is 0 Å². The molecule has 0 aliphatic heterocycles. The third-order valence-electron chi connectivity index (χ3n) is 2.28. The quantitative estimate of drug-likeness (QED) is 0.593. The predicted octanol–water partition coefficient (Wildman–Crippen LogP) is 3.54. The Labute approximate surface area is 94.4 Å². The van der Waals surface area contributed by atoms with Gasteiger partial charge in [-0.2, -0.15) is 11.8 Å². The van der Waals surface area contributed by atoms with Crippen LogP contribution in [0.25, 0.3) is 0 Å². The van der Waals surface area contributed by atoms with E-state index in [4.69, 9.17) is 0 Å². The van der Waals surface area contributed by atoms with Gasteiger partial charge < -0.3 is 5.32 Å². The first-order valence-corrected chi connectivity index (χ1v) is 7.04. The molecule has 0 fully saturated rings. The van der Waals surface area contributed by atoms with Crippen LogP contribution < -0.4 is 5.32 Å². The van der Waals surface area contributed by atoms with E-state index in [0.29, 0.717) is 0 Å². The van der Waals surface area contributed by atoms with E-state index in [1.165, 1.54) is 38.1 Å². The van der Waals surface area contributed by atoms with Crippen molar-refractivity contribution in [2.45, 2.75) is 52.2 Å². The number of unbranched alkanes of at least 4 members (excludes halogenated alkanes) is 1. The van der Waals surface area contributed by atoms with E-state index < -0.39 is 0 Å². The lowest BCUT2D eigenvalue weighted by molar-refractivity contribution is 0.541. The third-order valence-corrected chi connectivity index (χ3v) is 3.70. The molecule has 0 saturated heterocycles. The molecule has 0 aliphatic rings. The fourth-order valence-corrected chi connectivity index (χ4v) is 2.15. The minimum Gasteiger partial charge on any atom is -0.316 e. The smallest absolute Gasteiger partial charge is 0.00160 e. The third kappa shape index (κ3) is 10.4. The van der Waals surface area contributed by atoms with Gasteiger partial charge in [0, 0.05) is 5.25 Å². The highest BCUT2D eigenvalue weighted by Crippen LogP contribution is 2.14. The van der Waals surface area contributed by atoms with Crippen LogP contribution in [0.2, 0.25) is 0 Å². The largest absolute Gasteiger partial charge is 0.316 e. The van der Waals surface area contributed by atoms with E-state index in [2.05, 4.69) is 44.8 Å². The molecule has 0 bridgehead atoms. The van der Waals surface area contributed by atoms with Gasteiger partial charge in [-0.25, -0.2) is 0 Å². The molecule has 86 valence electrons. The van der Waals surface area contributed by atoms with Crippen molar-refractivity contribution in [3.05, 3.63) is 0 Å². The molecule has 1 N–H and O–H groups in total. The summed E-state index contributed by atoms with van der Waals surface area (Å²) in [4.78, 5) is 0. The molecule has 1 nitrogen and oxygen atoms in total. The molecule has 0 aromatic rings. The van der Waals surface area contributed by atoms with Gasteiger partial charge in [0.15, 0.2) is 0 Å². The Morgan fingerprint density at radius 1 is 1.14 bits per heavy atom. The van der Waals surface area contributed by atoms with Crippen molar-refractivity contribution in [3.63, 3.8) is 0 Å². The van der Waals surface area contributed by atoms with Crippen molar-refractivity contribution in [3.8, 4) is 0 Å². The van der Waals surface area contributed by atoms with Gasteiger partial charge in [-0.1, -0.05) is 27.7 Å². The Hall–Kier alpha value is 0.310. The zero-order chi connectivity index (χ0) is 10.8. The minimum absolute atomic E-state index is 0.782. The molecule has 0 aromatic carbocycles. The summed E-state index contributed by atoms with van der Waals surface area (Å²) < 4.78 is 0. The second-order valence-corrected chi connectivity index (χ2v) is 5.94. The monoisotopic (exact) mass is 217 g/mol. The molecule has 1 atom stereocenters. The molecule has 0 rings (SSSR count). The number of hydrogen-bond donors (Lipinski definition) is 1. The predicted molar refractivity (Wildman–Crippen MR) is 69.2 cm³/mol. The highest BCUT2D eigenvalue weighted by molar-refractivity contribution is 7.99. The zero-order valence-electron chi connectivity index (χ0n) is 10.3. The van der Waals surface area contributed by atoms with E-state index in [-0.39, 0.29) is 0 Å². The second kappa shape index (κ2) is 9.85. The van der Waals surface area contributed by atoms with E-state index in [1.807, 2.05) is 0 Å². The first kappa shape index (κ1) is 14.3. The molecule has 0 radical (unpaired) electrons. The topological polar surface area (TPSA) is 12.0 Å². The molecule has 0 amide bonds. The maximum absolute atomic E-state index is 3.48. The van der Waals surface area contributed by atoms with Gasteiger partial charge in [-0.3, -0.25) is 0 Å². The maximum Gasteiger partial charge on any atom is 0.00160 e. The Kier molecular flexibility index (Phi) is 10.1. The van der Waals surface area contributed by atoms with E-state index >= 15 is 0 Å². The SMILES string of the molecule is CCC(C)SCCCCNCC(C)C. The highest BCUT2D eigenvalue weighted by Gasteiger charge is 1.98. The van der Waals surface area contributed by atoms with Crippen LogP contribution in [-0.4, -0.2) is 24.1 Å². The molecule has 0 aliphatic carbocycles. The van der Waals surface area contributed by atoms with Crippen molar-refractivity contribution < 1.29 is 0 Å². The zero-order valence-corrected chi connectivity index (χ0v) is 11.1. The summed E-state index contributed by atoms with van der Waals surface area (Å²) in [5, 5.41) is 4.32. The van der Waals surface area contributed by atoms with Crippen LogP contribution >= 0.6 is 11.8 Å². The summed E-state index contributed by atoms with van der Waals surface area (Å²) in [6, 6.07) is 0. The standard InChI is InChI=1S/C12H27NS/c1-5-12(4)14-9-7-6-8-13-10-11(2)3/h11-13H,5-10H2,1-4H3. The molecular formula is C12H27NS. The minimum atomic E-state index is 0.782. The fraction of sp³-hybridized carbons (Fsp3) is 1.00. The van der Waals surface area contributed by atoms with E-state index in [0.717, 1.165) is 11.2 Å². The number of hydrogen-bond acceptors (Lipinski definition) is 2. The average Bonchev–Trinajstić information content (AvgIpc) is 2.15. The molecule has 0 aromatic heterocycles. The molecule has 0 saturated carbocycles. The van der Waals surface area contributed by atoms with Crippen LogP contribution in [0.4, 0.5) is 0 Å². The lowest BCUT2D eigenvalue weighted by Gasteiger charge is -2.09. The summed E-state index contributed by atoms with van der Waals surface area (Å²) in [6.07, 6.45) is 3.99. The van der Waals surface area contributed by atoms with Gasteiger partial charge >= 0.3 is 0 Å². The Balaban J connectivity index is 2.99. The molecule has 0 heterocycles. The van der Waals surface area contributed by atoms with Crippen LogP contribution in [0.5, 0.6) is 0 Å². The van der Waals surface area contributed by atoms with Gasteiger partial charge in [0.1, 0.15) is 0 Å². The van der Waals surface area contributed by atoms with Crippen LogP contribution in [-0.2, 0) is 0 Å². The van der Waals surface area contributed by atoms with Crippen molar-refractivity contribution in [1.29, 1.82) is 0 Å². The first-order chi connectivity index (χ1) is 6.66. The van der Waals surface area contributed by atoms with E-state index in [1.54, 1.807) is 0 Å². The summed E-state index contributed by atoms with van der Waals surface area (Å²) >= 11 is 2.11. The lowest BCUT2D eigenvalue weighted by atomic mass is 10.2. The number of rotatable bonds is 9. The van der Waals surface area contributed by atoms with Gasteiger partial charge in [0.05, 0.1) is 0 Å². The summed E-state index contributed by atoms with van der Waals surface area (Å²) in [5.41, 5.74) is 0. The number of thioether (sulfide) groups is 1. The van der Waals surface area contributed by atoms with Crippen molar-refractivity contribution >= 4 is 11.8 Å². The summed E-state index contributed by atoms with van der Waals surface area (Å²) in [7, 11) is 0. The van der Waals surface area contributed by atoms with Gasteiger partial charge in [0.2, 0.25) is 0 Å². The molecule has 2 heteroatoms. The molecule has 14 heavy (non-hydrogen) atoms. The van der Waals surface area contributed by atoms with E-state index in [9.17, 15) is 0 Å². The number of nitrogens with one attached hydrogen (secondary N) is 1. The fourth-order valence-electron chi connectivity index (χ4n) is 1.15. The van der Waals surface area contributed by atoms with Crippen molar-refractivity contribution in [1.82, 2.24) is 5.32 Å². The second-order valence-electron chi connectivity index (χ2n) is 4.39. The van der Waals surface area contributed by atoms with Crippen LogP contribution in [0.1, 0.15) is 47.0 Å². The van der Waals surface area contributed by atoms with Gasteiger partial charge in [-0.15, -0.1) is 0 Å².